The van der Waals surface area contributed by atoms with E-state index in [4.69, 9.17) is 4.74 Å². The monoisotopic (exact) mass is 559 g/mol. The first-order valence-electron chi connectivity index (χ1n) is 14.0. The number of hydrogen-bond acceptors (Lipinski definition) is 8. The molecule has 216 valence electrons. The predicted molar refractivity (Wildman–Crippen MR) is 156 cm³/mol. The van der Waals surface area contributed by atoms with Gasteiger partial charge >= 0.3 is 5.97 Å². The molecular formula is C30H45N3O5S. The van der Waals surface area contributed by atoms with Gasteiger partial charge in [-0.25, -0.2) is 4.98 Å². The summed E-state index contributed by atoms with van der Waals surface area (Å²) in [6.07, 6.45) is 8.38. The molecule has 3 heterocycles. The minimum Gasteiger partial charge on any atom is -0.457 e. The Labute approximate surface area is 236 Å². The highest BCUT2D eigenvalue weighted by Crippen LogP contribution is 2.33. The van der Waals surface area contributed by atoms with Crippen LogP contribution in [0.15, 0.2) is 40.7 Å². The van der Waals surface area contributed by atoms with Crippen molar-refractivity contribution in [2.75, 3.05) is 5.75 Å². The van der Waals surface area contributed by atoms with E-state index in [0.717, 1.165) is 41.5 Å². The van der Waals surface area contributed by atoms with E-state index in [9.17, 15) is 19.8 Å². The summed E-state index contributed by atoms with van der Waals surface area (Å²) < 4.78 is 5.95. The number of aromatic amines is 1. The maximum atomic E-state index is 13.3. The lowest BCUT2D eigenvalue weighted by molar-refractivity contribution is -0.154. The fourth-order valence-corrected chi connectivity index (χ4v) is 6.12. The van der Waals surface area contributed by atoms with Crippen LogP contribution >= 0.6 is 11.8 Å². The molecule has 0 fully saturated rings. The van der Waals surface area contributed by atoms with Gasteiger partial charge in [-0.05, 0) is 44.6 Å². The third-order valence-corrected chi connectivity index (χ3v) is 9.14. The van der Waals surface area contributed by atoms with Gasteiger partial charge in [0.25, 0.3) is 0 Å². The van der Waals surface area contributed by atoms with Crippen LogP contribution in [0.25, 0.3) is 0 Å². The summed E-state index contributed by atoms with van der Waals surface area (Å²) in [5, 5.41) is 23.0. The fourth-order valence-electron chi connectivity index (χ4n) is 5.32. The van der Waals surface area contributed by atoms with Gasteiger partial charge in [0.2, 0.25) is 0 Å². The third-order valence-electron chi connectivity index (χ3n) is 8.11. The Morgan fingerprint density at radius 3 is 2.67 bits per heavy atom. The molecule has 1 aromatic rings. The lowest BCUT2D eigenvalue weighted by Crippen LogP contribution is -2.45. The first-order valence-corrected chi connectivity index (χ1v) is 15.0. The van der Waals surface area contributed by atoms with Crippen molar-refractivity contribution in [2.45, 2.75) is 104 Å². The minimum absolute atomic E-state index is 0.0391. The number of Topliss-reactive ketones (excluding diaryl/α,β-unsaturated/α-hetero) is 1. The van der Waals surface area contributed by atoms with Crippen LogP contribution in [0.1, 0.15) is 79.5 Å². The molecule has 0 saturated heterocycles. The highest BCUT2D eigenvalue weighted by atomic mass is 32.2. The number of carbonyl (C=O) groups is 2. The molecule has 0 aliphatic carbocycles. The molecule has 3 N–H and O–H groups in total. The molecule has 0 bridgehead atoms. The van der Waals surface area contributed by atoms with Crippen molar-refractivity contribution in [1.29, 1.82) is 0 Å². The number of imidazole rings is 1. The number of thioether (sulfide) groups is 1. The Hall–Kier alpha value is -2.23. The zero-order chi connectivity index (χ0) is 28.7. The number of nitrogens with one attached hydrogen (secondary N) is 1. The number of carbonyl (C=O) groups excluding carboxylic acids is 2. The van der Waals surface area contributed by atoms with Gasteiger partial charge in [0.15, 0.2) is 0 Å². The molecular weight excluding hydrogens is 514 g/mol. The van der Waals surface area contributed by atoms with Gasteiger partial charge in [0.1, 0.15) is 17.7 Å². The highest BCUT2D eigenvalue weighted by molar-refractivity contribution is 8.14. The molecule has 0 spiro atoms. The maximum absolute atomic E-state index is 13.3. The number of ketones is 1. The first-order chi connectivity index (χ1) is 18.4. The van der Waals surface area contributed by atoms with Crippen LogP contribution in [-0.2, 0) is 20.7 Å². The van der Waals surface area contributed by atoms with E-state index in [2.05, 4.69) is 27.1 Å². The SMILES string of the molecule is CC1=NC(/C=C(\C)[C@@H]2C/C=C(/Cc3ncc[nH]3)CCCC(C)C(O)[C@@H](C)C(=O)C(C)(C)[C@@H](O)CC(=O)O2)CS1. The van der Waals surface area contributed by atoms with Gasteiger partial charge in [-0.3, -0.25) is 14.6 Å². The summed E-state index contributed by atoms with van der Waals surface area (Å²) in [5.74, 6) is 0.148. The number of hydrogen-bond donors (Lipinski definition) is 3. The predicted octanol–water partition coefficient (Wildman–Crippen LogP) is 4.82. The van der Waals surface area contributed by atoms with Gasteiger partial charge in [-0.2, -0.15) is 0 Å². The molecule has 2 aliphatic rings. The molecule has 3 rings (SSSR count). The minimum atomic E-state index is -1.23. The topological polar surface area (TPSA) is 125 Å². The maximum Gasteiger partial charge on any atom is 0.309 e. The molecule has 9 heteroatoms. The average molecular weight is 560 g/mol. The largest absolute Gasteiger partial charge is 0.457 e. The van der Waals surface area contributed by atoms with Gasteiger partial charge in [-0.15, -0.1) is 11.8 Å². The number of aliphatic hydroxyl groups is 2. The fraction of sp³-hybridized carbons (Fsp3) is 0.667. The molecule has 3 unspecified atom stereocenters. The highest BCUT2D eigenvalue weighted by Gasteiger charge is 2.42. The molecule has 0 saturated carbocycles. The lowest BCUT2D eigenvalue weighted by atomic mass is 9.73. The quantitative estimate of drug-likeness (QED) is 0.357. The van der Waals surface area contributed by atoms with E-state index in [1.54, 1.807) is 44.9 Å². The number of cyclic esters (lactones) is 1. The molecule has 0 radical (unpaired) electrons. The summed E-state index contributed by atoms with van der Waals surface area (Å²) in [6.45, 7) is 10.9. The molecule has 1 aromatic heterocycles. The average Bonchev–Trinajstić information content (AvgIpc) is 3.55. The van der Waals surface area contributed by atoms with Gasteiger partial charge in [0.05, 0.1) is 35.1 Å². The Morgan fingerprint density at radius 1 is 1.28 bits per heavy atom. The van der Waals surface area contributed by atoms with Gasteiger partial charge in [-0.1, -0.05) is 45.4 Å². The van der Waals surface area contributed by atoms with E-state index in [1.165, 1.54) is 5.57 Å². The second kappa shape index (κ2) is 13.9. The van der Waals surface area contributed by atoms with Crippen molar-refractivity contribution in [2.24, 2.45) is 22.2 Å². The van der Waals surface area contributed by atoms with E-state index in [1.807, 2.05) is 20.8 Å². The van der Waals surface area contributed by atoms with Crippen molar-refractivity contribution < 1.29 is 24.5 Å². The number of ether oxygens (including phenoxy) is 1. The first kappa shape index (κ1) is 31.3. The normalized spacial score (nSPS) is 33.3. The Kier molecular flexibility index (Phi) is 11.2. The Bertz CT molecular complexity index is 1080. The standard InChI is InChI=1S/C30H45N3O5S/c1-18-8-7-9-22(15-26-31-12-13-32-26)10-11-24(19(2)14-23-17-39-21(4)33-23)38-27(35)16-25(34)30(5,6)29(37)20(3)28(18)36/h10,12-14,18,20,23-25,28,34,36H,7-9,11,15-17H2,1-6H3,(H,31,32)/b19-14+,22-10+/t18?,20-,23?,24+,25+,28?/m1/s1. The Balaban J connectivity index is 1.92. The van der Waals surface area contributed by atoms with Crippen LogP contribution in [0.2, 0.25) is 0 Å². The van der Waals surface area contributed by atoms with E-state index < -0.39 is 35.6 Å². The number of esters is 1. The van der Waals surface area contributed by atoms with Crippen LogP contribution in [0, 0.1) is 17.3 Å². The second-order valence-electron chi connectivity index (χ2n) is 11.7. The summed E-state index contributed by atoms with van der Waals surface area (Å²) in [7, 11) is 0. The number of nitrogens with zero attached hydrogens (tertiary/aromatic N) is 2. The number of H-pyrrole nitrogens is 1. The summed E-state index contributed by atoms with van der Waals surface area (Å²) in [4.78, 5) is 38.6. The van der Waals surface area contributed by atoms with Crippen molar-refractivity contribution >= 4 is 28.6 Å². The second-order valence-corrected chi connectivity index (χ2v) is 12.9. The van der Waals surface area contributed by atoms with E-state index >= 15 is 0 Å². The number of aliphatic imine (C=N–C) groups is 1. The van der Waals surface area contributed by atoms with E-state index in [0.29, 0.717) is 12.8 Å². The van der Waals surface area contributed by atoms with Crippen molar-refractivity contribution in [3.05, 3.63) is 41.5 Å². The van der Waals surface area contributed by atoms with Crippen LogP contribution in [0.3, 0.4) is 0 Å². The number of rotatable bonds is 4. The van der Waals surface area contributed by atoms with Gasteiger partial charge < -0.3 is 19.9 Å². The molecule has 0 amide bonds. The number of aliphatic hydroxyl groups excluding tert-OH is 2. The van der Waals surface area contributed by atoms with Crippen molar-refractivity contribution in [1.82, 2.24) is 9.97 Å². The van der Waals surface area contributed by atoms with Crippen LogP contribution in [0.4, 0.5) is 0 Å². The van der Waals surface area contributed by atoms with Crippen LogP contribution < -0.4 is 0 Å². The molecule has 6 atom stereocenters. The molecule has 8 nitrogen and oxygen atoms in total. The zero-order valence-electron chi connectivity index (χ0n) is 24.1. The summed E-state index contributed by atoms with van der Waals surface area (Å²) in [6, 6.07) is 0.0391. The van der Waals surface area contributed by atoms with Gasteiger partial charge in [0, 0.05) is 36.9 Å². The number of allylic oxidation sites excluding steroid dienone is 1. The summed E-state index contributed by atoms with van der Waals surface area (Å²) >= 11 is 1.72. The molecule has 0 aromatic carbocycles. The Morgan fingerprint density at radius 2 is 2.03 bits per heavy atom. The van der Waals surface area contributed by atoms with Crippen LogP contribution in [-0.4, -0.2) is 67.1 Å². The zero-order valence-corrected chi connectivity index (χ0v) is 25.0. The van der Waals surface area contributed by atoms with Crippen molar-refractivity contribution in [3.8, 4) is 0 Å². The number of aromatic nitrogens is 2. The smallest absolute Gasteiger partial charge is 0.309 e. The third kappa shape index (κ3) is 8.63. The molecule has 2 aliphatic heterocycles. The van der Waals surface area contributed by atoms with Crippen molar-refractivity contribution in [3.63, 3.8) is 0 Å². The lowest BCUT2D eigenvalue weighted by Gasteiger charge is -2.34. The van der Waals surface area contributed by atoms with Crippen LogP contribution in [0.5, 0.6) is 0 Å². The molecule has 39 heavy (non-hydrogen) atoms. The summed E-state index contributed by atoms with van der Waals surface area (Å²) in [5.41, 5.74) is 0.875. The van der Waals surface area contributed by atoms with E-state index in [-0.39, 0.29) is 24.2 Å².